The molecule has 1 nitrogen and oxygen atoms in total. The molecule has 0 unspecified atom stereocenters. The van der Waals surface area contributed by atoms with Crippen LogP contribution in [0.4, 0.5) is 4.39 Å². The number of halogens is 2. The maximum Gasteiger partial charge on any atom is 0.165 e. The zero-order valence-electron chi connectivity index (χ0n) is 11.6. The summed E-state index contributed by atoms with van der Waals surface area (Å²) < 4.78 is 19.4. The molecule has 0 heterocycles. The lowest BCUT2D eigenvalue weighted by Gasteiger charge is -2.21. The van der Waals surface area contributed by atoms with Gasteiger partial charge in [0.2, 0.25) is 0 Å². The summed E-state index contributed by atoms with van der Waals surface area (Å²) in [5.41, 5.74) is 0.773. The first kappa shape index (κ1) is 15.2. The van der Waals surface area contributed by atoms with E-state index in [0.29, 0.717) is 30.6 Å². The van der Waals surface area contributed by atoms with Gasteiger partial charge in [0.25, 0.3) is 0 Å². The van der Waals surface area contributed by atoms with Gasteiger partial charge >= 0.3 is 0 Å². The van der Waals surface area contributed by atoms with Gasteiger partial charge in [-0.3, -0.25) is 0 Å². The second-order valence-corrected chi connectivity index (χ2v) is 5.58. The van der Waals surface area contributed by atoms with Crippen LogP contribution < -0.4 is 4.74 Å². The van der Waals surface area contributed by atoms with Crippen LogP contribution in [0.5, 0.6) is 5.75 Å². The van der Waals surface area contributed by atoms with Gasteiger partial charge in [-0.1, -0.05) is 31.1 Å². The molecule has 1 fully saturated rings. The van der Waals surface area contributed by atoms with E-state index in [-0.39, 0.29) is 5.82 Å². The molecular weight excluding hydrogens is 275 g/mol. The average molecular weight is 295 g/mol. The molecule has 1 aromatic rings. The predicted molar refractivity (Wildman–Crippen MR) is 80.7 cm³/mol. The van der Waals surface area contributed by atoms with Crippen molar-refractivity contribution in [2.45, 2.75) is 38.5 Å². The van der Waals surface area contributed by atoms with E-state index in [9.17, 15) is 4.39 Å². The van der Waals surface area contributed by atoms with Crippen molar-refractivity contribution in [3.63, 3.8) is 0 Å². The number of hydrogen-bond acceptors (Lipinski definition) is 1. The highest BCUT2D eigenvalue weighted by molar-refractivity contribution is 6.18. The molecule has 1 aliphatic carbocycles. The van der Waals surface area contributed by atoms with Crippen LogP contribution in [0.15, 0.2) is 18.2 Å². The van der Waals surface area contributed by atoms with Crippen molar-refractivity contribution in [1.29, 1.82) is 0 Å². The van der Waals surface area contributed by atoms with E-state index in [2.05, 4.69) is 11.8 Å². The van der Waals surface area contributed by atoms with Crippen molar-refractivity contribution in [2.75, 3.05) is 12.5 Å². The molecular formula is C17H20ClFO. The molecule has 1 saturated carbocycles. The maximum atomic E-state index is 13.7. The largest absolute Gasteiger partial charge is 0.490 e. The average Bonchev–Trinajstić information content (AvgIpc) is 2.49. The molecule has 108 valence electrons. The molecule has 3 heteroatoms. The Morgan fingerprint density at radius 2 is 2.05 bits per heavy atom. The highest BCUT2D eigenvalue weighted by atomic mass is 35.5. The van der Waals surface area contributed by atoms with Crippen LogP contribution in [0.25, 0.3) is 0 Å². The Bertz CT molecular complexity index is 483. The summed E-state index contributed by atoms with van der Waals surface area (Å²) in [6, 6.07) is 4.77. The summed E-state index contributed by atoms with van der Waals surface area (Å²) in [4.78, 5) is 0. The Morgan fingerprint density at radius 3 is 2.80 bits per heavy atom. The van der Waals surface area contributed by atoms with Crippen molar-refractivity contribution >= 4 is 11.6 Å². The molecule has 0 aliphatic heterocycles. The van der Waals surface area contributed by atoms with Crippen LogP contribution in [-0.4, -0.2) is 12.5 Å². The van der Waals surface area contributed by atoms with Crippen LogP contribution in [0.1, 0.15) is 44.1 Å². The molecule has 0 N–H and O–H groups in total. The first-order chi connectivity index (χ1) is 9.79. The van der Waals surface area contributed by atoms with E-state index >= 15 is 0 Å². The first-order valence-corrected chi connectivity index (χ1v) is 7.80. The number of hydrogen-bond donors (Lipinski definition) is 0. The molecule has 2 rings (SSSR count). The number of benzene rings is 1. The topological polar surface area (TPSA) is 9.23 Å². The van der Waals surface area contributed by atoms with Crippen LogP contribution in [0.2, 0.25) is 0 Å². The Labute approximate surface area is 125 Å². The Kier molecular flexibility index (Phi) is 6.21. The Balaban J connectivity index is 1.95. The van der Waals surface area contributed by atoms with E-state index < -0.39 is 0 Å². The molecule has 1 aliphatic rings. The van der Waals surface area contributed by atoms with Crippen LogP contribution in [-0.2, 0) is 0 Å². The Hall–Kier alpha value is -1.20. The number of rotatable bonds is 4. The molecule has 1 aromatic carbocycles. The first-order valence-electron chi connectivity index (χ1n) is 7.27. The van der Waals surface area contributed by atoms with E-state index in [1.807, 2.05) is 0 Å². The van der Waals surface area contributed by atoms with Gasteiger partial charge in [-0.15, -0.1) is 11.6 Å². The van der Waals surface area contributed by atoms with E-state index in [1.54, 1.807) is 12.1 Å². The standard InChI is InChI=1S/C17H20ClFO/c18-11-5-4-6-14-9-10-16(19)17(12-14)20-13-15-7-2-1-3-8-15/h9-10,12,15H,1-3,5,7-8,11,13H2. The summed E-state index contributed by atoms with van der Waals surface area (Å²) in [7, 11) is 0. The van der Waals surface area contributed by atoms with Crippen molar-refractivity contribution in [2.24, 2.45) is 5.92 Å². The molecule has 0 amide bonds. The zero-order valence-corrected chi connectivity index (χ0v) is 12.4. The third-order valence-corrected chi connectivity index (χ3v) is 3.77. The number of alkyl halides is 1. The van der Waals surface area contributed by atoms with Crippen LogP contribution >= 0.6 is 11.6 Å². The van der Waals surface area contributed by atoms with Gasteiger partial charge in [0, 0.05) is 17.9 Å². The third-order valence-electron chi connectivity index (χ3n) is 3.58. The fourth-order valence-corrected chi connectivity index (χ4v) is 2.56. The fraction of sp³-hybridized carbons (Fsp3) is 0.529. The normalized spacial score (nSPS) is 15.5. The minimum absolute atomic E-state index is 0.313. The van der Waals surface area contributed by atoms with Crippen molar-refractivity contribution in [3.05, 3.63) is 29.6 Å². The van der Waals surface area contributed by atoms with E-state index in [1.165, 1.54) is 38.2 Å². The fourth-order valence-electron chi connectivity index (χ4n) is 2.46. The van der Waals surface area contributed by atoms with Crippen LogP contribution in [0.3, 0.4) is 0 Å². The minimum atomic E-state index is -0.316. The summed E-state index contributed by atoms with van der Waals surface area (Å²) >= 11 is 5.57. The monoisotopic (exact) mass is 294 g/mol. The molecule has 0 atom stereocenters. The van der Waals surface area contributed by atoms with Crippen LogP contribution in [0, 0.1) is 23.6 Å². The second-order valence-electron chi connectivity index (χ2n) is 5.20. The summed E-state index contributed by atoms with van der Waals surface area (Å²) in [6.45, 7) is 0.607. The minimum Gasteiger partial charge on any atom is -0.490 e. The molecule has 0 saturated heterocycles. The number of ether oxygens (including phenoxy) is 1. The smallest absolute Gasteiger partial charge is 0.165 e. The Morgan fingerprint density at radius 1 is 1.25 bits per heavy atom. The lowest BCUT2D eigenvalue weighted by Crippen LogP contribution is -2.15. The second kappa shape index (κ2) is 8.17. The van der Waals surface area contributed by atoms with Crippen molar-refractivity contribution < 1.29 is 9.13 Å². The van der Waals surface area contributed by atoms with Gasteiger partial charge in [-0.25, -0.2) is 4.39 Å². The lowest BCUT2D eigenvalue weighted by molar-refractivity contribution is 0.202. The summed E-state index contributed by atoms with van der Waals surface area (Å²) in [6.07, 6.45) is 6.86. The molecule has 0 bridgehead atoms. The van der Waals surface area contributed by atoms with E-state index in [0.717, 1.165) is 5.56 Å². The molecule has 20 heavy (non-hydrogen) atoms. The van der Waals surface area contributed by atoms with Crippen molar-refractivity contribution in [1.82, 2.24) is 0 Å². The highest BCUT2D eigenvalue weighted by Gasteiger charge is 2.15. The van der Waals surface area contributed by atoms with Crippen molar-refractivity contribution in [3.8, 4) is 17.6 Å². The summed E-state index contributed by atoms with van der Waals surface area (Å²) in [5, 5.41) is 0. The zero-order chi connectivity index (χ0) is 14.2. The highest BCUT2D eigenvalue weighted by Crippen LogP contribution is 2.26. The van der Waals surface area contributed by atoms with Gasteiger partial charge in [0.05, 0.1) is 6.61 Å². The van der Waals surface area contributed by atoms with Gasteiger partial charge in [0.15, 0.2) is 11.6 Å². The quantitative estimate of drug-likeness (QED) is 0.574. The van der Waals surface area contributed by atoms with Gasteiger partial charge in [0.1, 0.15) is 0 Å². The van der Waals surface area contributed by atoms with E-state index in [4.69, 9.17) is 16.3 Å². The third kappa shape index (κ3) is 4.72. The lowest BCUT2D eigenvalue weighted by atomic mass is 9.90. The molecule has 0 radical (unpaired) electrons. The van der Waals surface area contributed by atoms with Gasteiger partial charge in [-0.05, 0) is 37.0 Å². The maximum absolute atomic E-state index is 13.7. The molecule has 0 spiro atoms. The van der Waals surface area contributed by atoms with Gasteiger partial charge in [-0.2, -0.15) is 0 Å². The predicted octanol–water partition coefficient (Wildman–Crippen LogP) is 4.77. The van der Waals surface area contributed by atoms with Gasteiger partial charge < -0.3 is 4.74 Å². The molecule has 0 aromatic heterocycles. The summed E-state index contributed by atoms with van der Waals surface area (Å²) in [5.74, 6) is 6.99. The SMILES string of the molecule is Fc1ccc(C#CCCCl)cc1OCC1CCCCC1.